The van der Waals surface area contributed by atoms with Crippen LogP contribution in [0.2, 0.25) is 0 Å². The highest BCUT2D eigenvalue weighted by Gasteiger charge is 2.26. The third kappa shape index (κ3) is 5.02. The van der Waals surface area contributed by atoms with E-state index in [1.54, 1.807) is 23.1 Å². The van der Waals surface area contributed by atoms with Gasteiger partial charge in [-0.3, -0.25) is 4.79 Å². The fourth-order valence-electron chi connectivity index (χ4n) is 1.80. The molecule has 0 bridgehead atoms. The van der Waals surface area contributed by atoms with Crippen molar-refractivity contribution in [2.24, 2.45) is 0 Å². The number of rotatable bonds is 8. The van der Waals surface area contributed by atoms with Gasteiger partial charge in [-0.2, -0.15) is 31.9 Å². The molecule has 0 radical (unpaired) electrons. The maximum absolute atomic E-state index is 12.4. The summed E-state index contributed by atoms with van der Waals surface area (Å²) < 4.78 is 47.5. The number of nitrogens with one attached hydrogen (secondary N) is 1. The summed E-state index contributed by atoms with van der Waals surface area (Å²) in [6.45, 7) is 0.463. The van der Waals surface area contributed by atoms with Gasteiger partial charge in [0.2, 0.25) is 9.84 Å². The first kappa shape index (κ1) is 18.9. The number of amides is 1. The summed E-state index contributed by atoms with van der Waals surface area (Å²) in [5.41, 5.74) is 1.47. The molecule has 24 heavy (non-hydrogen) atoms. The highest BCUT2D eigenvalue weighted by Crippen LogP contribution is 2.18. The second-order valence-electron chi connectivity index (χ2n) is 4.77. The maximum atomic E-state index is 12.4. The van der Waals surface area contributed by atoms with E-state index in [2.05, 4.69) is 10.7 Å². The van der Waals surface area contributed by atoms with Crippen molar-refractivity contribution in [3.63, 3.8) is 0 Å². The molecule has 4 nitrogen and oxygen atoms in total. The Hall–Kier alpha value is -1.45. The van der Waals surface area contributed by atoms with Crippen molar-refractivity contribution in [3.05, 3.63) is 52.2 Å². The van der Waals surface area contributed by atoms with Crippen molar-refractivity contribution in [2.75, 3.05) is 12.3 Å². The molecular weight excluding hydrogens is 376 g/mol. The van der Waals surface area contributed by atoms with E-state index in [-0.39, 0.29) is 11.5 Å². The summed E-state index contributed by atoms with van der Waals surface area (Å²) in [5, 5.41) is 6.78. The smallest absolute Gasteiger partial charge is 0.341 e. The molecule has 0 saturated heterocycles. The molecule has 1 aromatic carbocycles. The van der Waals surface area contributed by atoms with Crippen LogP contribution in [0.15, 0.2) is 46.0 Å². The van der Waals surface area contributed by atoms with Gasteiger partial charge in [0.1, 0.15) is 0 Å². The van der Waals surface area contributed by atoms with Crippen LogP contribution in [0, 0.1) is 0 Å². The van der Waals surface area contributed by atoms with Gasteiger partial charge in [-0.05, 0) is 46.7 Å². The van der Waals surface area contributed by atoms with Gasteiger partial charge in [0.05, 0.1) is 4.90 Å². The number of thiophene rings is 1. The minimum Gasteiger partial charge on any atom is -0.351 e. The third-order valence-electron chi connectivity index (χ3n) is 3.06. The summed E-state index contributed by atoms with van der Waals surface area (Å²) in [6.07, 6.45) is 0. The van der Waals surface area contributed by atoms with Crippen LogP contribution in [0.5, 0.6) is 0 Å². The van der Waals surface area contributed by atoms with E-state index in [1.807, 2.05) is 11.4 Å². The molecule has 9 heteroatoms. The molecule has 2 rings (SSSR count). The van der Waals surface area contributed by atoms with Crippen LogP contribution in [0.4, 0.5) is 8.78 Å². The Morgan fingerprint density at radius 2 is 1.92 bits per heavy atom. The number of benzene rings is 1. The first-order valence-electron chi connectivity index (χ1n) is 6.90. The van der Waals surface area contributed by atoms with E-state index in [0.717, 1.165) is 23.6 Å². The lowest BCUT2D eigenvalue weighted by Crippen LogP contribution is -2.25. The van der Waals surface area contributed by atoms with Gasteiger partial charge in [0.25, 0.3) is 5.91 Å². The largest absolute Gasteiger partial charge is 0.351 e. The van der Waals surface area contributed by atoms with Gasteiger partial charge in [0.15, 0.2) is 0 Å². The molecule has 0 atom stereocenters. The lowest BCUT2D eigenvalue weighted by atomic mass is 10.2. The average molecular weight is 391 g/mol. The minimum absolute atomic E-state index is 0.228. The summed E-state index contributed by atoms with van der Waals surface area (Å²) in [6, 6.07) is 6.53. The predicted molar refractivity (Wildman–Crippen MR) is 92.4 cm³/mol. The first-order chi connectivity index (χ1) is 11.4. The highest BCUT2D eigenvalue weighted by molar-refractivity contribution is 7.98. The SMILES string of the molecule is O=C(NCCSCc1ccsc1)c1ccc(S(=O)(=O)C(F)F)cc1. The molecule has 130 valence electrons. The number of carbonyl (C=O) groups excluding carboxylic acids is 1. The van der Waals surface area contributed by atoms with Crippen LogP contribution in [-0.2, 0) is 15.6 Å². The Morgan fingerprint density at radius 1 is 1.21 bits per heavy atom. The number of hydrogen-bond donors (Lipinski definition) is 1. The third-order valence-corrected chi connectivity index (χ3v) is 6.22. The van der Waals surface area contributed by atoms with Crippen LogP contribution in [0.25, 0.3) is 0 Å². The topological polar surface area (TPSA) is 63.2 Å². The summed E-state index contributed by atoms with van der Waals surface area (Å²) in [5.74, 6) is -2.23. The van der Waals surface area contributed by atoms with Gasteiger partial charge in [0, 0.05) is 23.6 Å². The van der Waals surface area contributed by atoms with E-state index in [4.69, 9.17) is 0 Å². The molecule has 1 amide bonds. The van der Waals surface area contributed by atoms with Crippen LogP contribution in [0.3, 0.4) is 0 Å². The monoisotopic (exact) mass is 391 g/mol. The number of carbonyl (C=O) groups is 1. The standard InChI is InChI=1S/C15H15F2NO3S3/c16-15(17)24(20,21)13-3-1-12(2-4-13)14(19)18-6-8-23-10-11-5-7-22-9-11/h1-5,7,9,15H,6,8,10H2,(H,18,19). The zero-order chi connectivity index (χ0) is 17.6. The zero-order valence-corrected chi connectivity index (χ0v) is 14.9. The number of thioether (sulfide) groups is 1. The molecule has 0 aliphatic heterocycles. The predicted octanol–water partition coefficient (Wildman–Crippen LogP) is 3.41. The van der Waals surface area contributed by atoms with Crippen LogP contribution >= 0.6 is 23.1 Å². The molecule has 0 spiro atoms. The van der Waals surface area contributed by atoms with E-state index in [0.29, 0.717) is 6.54 Å². The van der Waals surface area contributed by atoms with Crippen LogP contribution in [0.1, 0.15) is 15.9 Å². The molecule has 1 N–H and O–H groups in total. The van der Waals surface area contributed by atoms with Gasteiger partial charge in [-0.25, -0.2) is 8.42 Å². The van der Waals surface area contributed by atoms with Crippen molar-refractivity contribution in [1.82, 2.24) is 5.32 Å². The van der Waals surface area contributed by atoms with Crippen molar-refractivity contribution >= 4 is 38.8 Å². The maximum Gasteiger partial charge on any atom is 0.341 e. The molecular formula is C15H15F2NO3S3. The van der Waals surface area contributed by atoms with Gasteiger partial charge < -0.3 is 5.32 Å². The fourth-order valence-corrected chi connectivity index (χ4v) is 4.10. The summed E-state index contributed by atoms with van der Waals surface area (Å²) >= 11 is 3.32. The minimum atomic E-state index is -4.63. The molecule has 1 heterocycles. The van der Waals surface area contributed by atoms with Crippen LogP contribution in [-0.4, -0.2) is 32.4 Å². The van der Waals surface area contributed by atoms with Gasteiger partial charge >= 0.3 is 5.76 Å². The first-order valence-corrected chi connectivity index (χ1v) is 10.5. The van der Waals surface area contributed by atoms with E-state index >= 15 is 0 Å². The molecule has 0 fully saturated rings. The Morgan fingerprint density at radius 3 is 2.50 bits per heavy atom. The summed E-state index contributed by atoms with van der Waals surface area (Å²) in [7, 11) is -4.63. The lowest BCUT2D eigenvalue weighted by molar-refractivity contribution is 0.0956. The number of sulfone groups is 1. The zero-order valence-electron chi connectivity index (χ0n) is 12.4. The Kier molecular flexibility index (Phi) is 6.76. The van der Waals surface area contributed by atoms with E-state index < -0.39 is 20.5 Å². The quantitative estimate of drug-likeness (QED) is 0.701. The normalized spacial score (nSPS) is 11.6. The number of hydrogen-bond acceptors (Lipinski definition) is 5. The number of alkyl halides is 2. The highest BCUT2D eigenvalue weighted by atomic mass is 32.2. The molecule has 0 aliphatic carbocycles. The van der Waals surface area contributed by atoms with Gasteiger partial charge in [-0.1, -0.05) is 0 Å². The second kappa shape index (κ2) is 8.59. The van der Waals surface area contributed by atoms with E-state index in [1.165, 1.54) is 17.7 Å². The summed E-state index contributed by atoms with van der Waals surface area (Å²) in [4.78, 5) is 11.4. The molecule has 0 aliphatic rings. The number of halogens is 2. The average Bonchev–Trinajstić information content (AvgIpc) is 3.07. The van der Waals surface area contributed by atoms with Crippen molar-refractivity contribution in [3.8, 4) is 0 Å². The Labute approximate surface area is 147 Å². The van der Waals surface area contributed by atoms with Gasteiger partial charge in [-0.15, -0.1) is 0 Å². The molecule has 1 aromatic heterocycles. The Balaban J connectivity index is 1.80. The Bertz CT molecular complexity index is 760. The second-order valence-corrected chi connectivity index (χ2v) is 8.57. The van der Waals surface area contributed by atoms with Crippen LogP contribution < -0.4 is 5.32 Å². The molecule has 2 aromatic rings. The fraction of sp³-hybridized carbons (Fsp3) is 0.267. The van der Waals surface area contributed by atoms with E-state index in [9.17, 15) is 22.0 Å². The molecule has 0 saturated carbocycles. The van der Waals surface area contributed by atoms with Crippen molar-refractivity contribution in [2.45, 2.75) is 16.4 Å². The van der Waals surface area contributed by atoms with Crippen molar-refractivity contribution < 1.29 is 22.0 Å². The lowest BCUT2D eigenvalue weighted by Gasteiger charge is -2.07. The van der Waals surface area contributed by atoms with Crippen molar-refractivity contribution in [1.29, 1.82) is 0 Å². The molecule has 0 unspecified atom stereocenters.